The lowest BCUT2D eigenvalue weighted by molar-refractivity contribution is 0.0652. The van der Waals surface area contributed by atoms with Crippen LogP contribution in [0.1, 0.15) is 44.8 Å². The van der Waals surface area contributed by atoms with E-state index in [1.54, 1.807) is 6.20 Å². The molecule has 0 atom stereocenters. The van der Waals surface area contributed by atoms with Crippen molar-refractivity contribution < 1.29 is 9.47 Å². The van der Waals surface area contributed by atoms with Crippen molar-refractivity contribution in [3.63, 3.8) is 0 Å². The fourth-order valence-electron chi connectivity index (χ4n) is 3.44. The van der Waals surface area contributed by atoms with E-state index < -0.39 is 0 Å². The lowest BCUT2D eigenvalue weighted by Crippen LogP contribution is -2.33. The number of nitrogens with zero attached hydrogens (tertiary/aromatic N) is 4. The van der Waals surface area contributed by atoms with E-state index in [0.717, 1.165) is 43.9 Å². The van der Waals surface area contributed by atoms with E-state index in [0.29, 0.717) is 35.3 Å². The Balaban J connectivity index is 1.73. The number of rotatable bonds is 1. The van der Waals surface area contributed by atoms with Crippen molar-refractivity contribution in [2.75, 3.05) is 30.5 Å². The Morgan fingerprint density at radius 3 is 2.81 bits per heavy atom. The van der Waals surface area contributed by atoms with E-state index in [9.17, 15) is 0 Å². The van der Waals surface area contributed by atoms with E-state index >= 15 is 0 Å². The summed E-state index contributed by atoms with van der Waals surface area (Å²) in [5, 5.41) is 11.9. The molecule has 0 amide bonds. The zero-order valence-corrected chi connectivity index (χ0v) is 16.6. The van der Waals surface area contributed by atoms with Crippen molar-refractivity contribution in [2.45, 2.75) is 51.6 Å². The largest absolute Gasteiger partial charge is 0.475 e. The summed E-state index contributed by atoms with van der Waals surface area (Å²) in [6.07, 6.45) is 4.26. The van der Waals surface area contributed by atoms with Gasteiger partial charge < -0.3 is 20.1 Å². The Hall–Kier alpha value is -2.06. The molecule has 2 aromatic heterocycles. The molecule has 2 N–H and O–H groups in total. The fourth-order valence-corrected chi connectivity index (χ4v) is 3.57. The molecule has 8 nitrogen and oxygen atoms in total. The second-order valence-electron chi connectivity index (χ2n) is 7.68. The minimum absolute atomic E-state index is 0.238. The van der Waals surface area contributed by atoms with Gasteiger partial charge in [-0.25, -0.2) is 4.98 Å². The molecule has 0 unspecified atom stereocenters. The fraction of sp³-hybridized carbons (Fsp3) is 0.611. The molecule has 0 radical (unpaired) electrons. The maximum Gasteiger partial charge on any atom is 0.257 e. The van der Waals surface area contributed by atoms with Crippen molar-refractivity contribution in [3.8, 4) is 5.88 Å². The molecular weight excluding hydrogens is 368 g/mol. The van der Waals surface area contributed by atoms with E-state index in [4.69, 9.17) is 26.2 Å². The van der Waals surface area contributed by atoms with E-state index in [2.05, 4.69) is 34.4 Å². The first-order chi connectivity index (χ1) is 12.9. The molecule has 0 saturated carbocycles. The number of hydrogen-bond acceptors (Lipinski definition) is 7. The number of anilines is 3. The predicted molar refractivity (Wildman–Crippen MR) is 104 cm³/mol. The average molecular weight is 393 g/mol. The average Bonchev–Trinajstić information content (AvgIpc) is 2.93. The molecule has 0 aromatic carbocycles. The van der Waals surface area contributed by atoms with Crippen LogP contribution in [0.5, 0.6) is 5.88 Å². The van der Waals surface area contributed by atoms with Crippen LogP contribution in [0.25, 0.3) is 0 Å². The molecular formula is C18H25ClN6O2. The van der Waals surface area contributed by atoms with Crippen molar-refractivity contribution in [1.29, 1.82) is 0 Å². The summed E-state index contributed by atoms with van der Waals surface area (Å²) in [7, 11) is 0. The molecule has 27 heavy (non-hydrogen) atoms. The van der Waals surface area contributed by atoms with Crippen molar-refractivity contribution >= 4 is 29.1 Å². The highest BCUT2D eigenvalue weighted by Crippen LogP contribution is 2.35. The van der Waals surface area contributed by atoms with Gasteiger partial charge in [0.15, 0.2) is 5.82 Å². The first-order valence-corrected chi connectivity index (χ1v) is 9.68. The van der Waals surface area contributed by atoms with Crippen molar-refractivity contribution in [3.05, 3.63) is 16.9 Å². The van der Waals surface area contributed by atoms with Crippen LogP contribution >= 0.6 is 11.6 Å². The summed E-state index contributed by atoms with van der Waals surface area (Å²) in [5.41, 5.74) is 1.57. The molecule has 2 aromatic rings. The zero-order valence-electron chi connectivity index (χ0n) is 15.9. The number of hydrogen-bond donors (Lipinski definition) is 2. The highest BCUT2D eigenvalue weighted by Gasteiger charge is 2.27. The van der Waals surface area contributed by atoms with Crippen LogP contribution in [0.3, 0.4) is 0 Å². The van der Waals surface area contributed by atoms with Gasteiger partial charge in [-0.3, -0.25) is 4.68 Å². The maximum absolute atomic E-state index is 6.28. The number of ether oxygens (including phenoxy) is 2. The summed E-state index contributed by atoms with van der Waals surface area (Å²) < 4.78 is 13.6. The van der Waals surface area contributed by atoms with Crippen LogP contribution in [0.2, 0.25) is 5.02 Å². The topological polar surface area (TPSA) is 86.1 Å². The van der Waals surface area contributed by atoms with Gasteiger partial charge in [-0.1, -0.05) is 11.6 Å². The summed E-state index contributed by atoms with van der Waals surface area (Å²) >= 11 is 6.28. The molecule has 1 saturated heterocycles. The number of halogens is 1. The van der Waals surface area contributed by atoms with Crippen LogP contribution < -0.4 is 15.4 Å². The minimum atomic E-state index is -0.238. The van der Waals surface area contributed by atoms with Gasteiger partial charge in [0.25, 0.3) is 5.88 Å². The van der Waals surface area contributed by atoms with Gasteiger partial charge in [-0.15, -0.1) is 5.10 Å². The van der Waals surface area contributed by atoms with Crippen LogP contribution in [0.15, 0.2) is 6.20 Å². The third-order valence-corrected chi connectivity index (χ3v) is 5.33. The maximum atomic E-state index is 6.28. The second kappa shape index (κ2) is 7.16. The Kier molecular flexibility index (Phi) is 4.86. The third-order valence-electron chi connectivity index (χ3n) is 5.06. The SMILES string of the molecule is Cc1c2c(nn1C1CCOCC1)OCCC(C)(C)Nc1nc(ncc1Cl)N2. The Morgan fingerprint density at radius 1 is 1.26 bits per heavy atom. The summed E-state index contributed by atoms with van der Waals surface area (Å²) in [4.78, 5) is 8.87. The lowest BCUT2D eigenvalue weighted by Gasteiger charge is -2.27. The van der Waals surface area contributed by atoms with Crippen molar-refractivity contribution in [2.24, 2.45) is 0 Å². The van der Waals surface area contributed by atoms with Crippen LogP contribution in [-0.4, -0.2) is 45.1 Å². The quantitative estimate of drug-likeness (QED) is 0.765. The van der Waals surface area contributed by atoms with Crippen molar-refractivity contribution in [1.82, 2.24) is 19.7 Å². The first kappa shape index (κ1) is 18.3. The molecule has 4 rings (SSSR count). The Bertz CT molecular complexity index is 831. The van der Waals surface area contributed by atoms with Gasteiger partial charge in [0, 0.05) is 25.2 Å². The van der Waals surface area contributed by atoms with Gasteiger partial charge in [0.1, 0.15) is 10.7 Å². The molecule has 2 aliphatic rings. The molecule has 9 heteroatoms. The highest BCUT2D eigenvalue weighted by atomic mass is 35.5. The van der Waals surface area contributed by atoms with Gasteiger partial charge in [-0.05, 0) is 33.6 Å². The third kappa shape index (κ3) is 3.82. The normalized spacial score (nSPS) is 19.9. The second-order valence-corrected chi connectivity index (χ2v) is 8.08. The summed E-state index contributed by atoms with van der Waals surface area (Å²) in [6.45, 7) is 8.26. The van der Waals surface area contributed by atoms with Gasteiger partial charge in [0.05, 0.1) is 24.5 Å². The molecule has 0 spiro atoms. The van der Waals surface area contributed by atoms with E-state index in [1.807, 2.05) is 11.6 Å². The number of aromatic nitrogens is 4. The van der Waals surface area contributed by atoms with Gasteiger partial charge in [0.2, 0.25) is 5.95 Å². The lowest BCUT2D eigenvalue weighted by atomic mass is 10.0. The highest BCUT2D eigenvalue weighted by molar-refractivity contribution is 6.32. The number of nitrogens with one attached hydrogen (secondary N) is 2. The predicted octanol–water partition coefficient (Wildman–Crippen LogP) is 3.70. The molecule has 2 bridgehead atoms. The Morgan fingerprint density at radius 2 is 2.04 bits per heavy atom. The van der Waals surface area contributed by atoms with Crippen LogP contribution in [0.4, 0.5) is 17.5 Å². The zero-order chi connectivity index (χ0) is 19.0. The molecule has 4 heterocycles. The first-order valence-electron chi connectivity index (χ1n) is 9.30. The minimum Gasteiger partial charge on any atom is -0.475 e. The number of fused-ring (bicyclic) bond motifs is 3. The standard InChI is InChI=1S/C18H25ClN6O2/c1-11-14-16(24-25(11)12-4-7-26-8-5-12)27-9-6-18(2,3)23-15-13(19)10-20-17(21-14)22-15/h10,12H,4-9H2,1-3H3,(H2,20,21,22,23). The van der Waals surface area contributed by atoms with E-state index in [1.165, 1.54) is 0 Å². The van der Waals surface area contributed by atoms with Gasteiger partial charge >= 0.3 is 0 Å². The summed E-state index contributed by atoms with van der Waals surface area (Å²) in [5.74, 6) is 1.65. The molecule has 0 aliphatic carbocycles. The summed E-state index contributed by atoms with van der Waals surface area (Å²) in [6, 6.07) is 0.310. The molecule has 2 aliphatic heterocycles. The Labute approximate surface area is 163 Å². The van der Waals surface area contributed by atoms with Crippen LogP contribution in [-0.2, 0) is 4.74 Å². The van der Waals surface area contributed by atoms with E-state index in [-0.39, 0.29) is 5.54 Å². The van der Waals surface area contributed by atoms with Gasteiger partial charge in [-0.2, -0.15) is 4.98 Å². The molecule has 146 valence electrons. The monoisotopic (exact) mass is 392 g/mol. The molecule has 1 fully saturated rings. The van der Waals surface area contributed by atoms with Crippen LogP contribution in [0, 0.1) is 6.92 Å². The smallest absolute Gasteiger partial charge is 0.257 e.